The predicted molar refractivity (Wildman–Crippen MR) is 84.5 cm³/mol. The summed E-state index contributed by atoms with van der Waals surface area (Å²) in [6.07, 6.45) is 6.19. The summed E-state index contributed by atoms with van der Waals surface area (Å²) in [7, 11) is 0. The lowest BCUT2D eigenvalue weighted by Crippen LogP contribution is -2.05. The Kier molecular flexibility index (Phi) is 3.00. The third-order valence-corrected chi connectivity index (χ3v) is 5.13. The Hall–Kier alpha value is -2.14. The van der Waals surface area contributed by atoms with Crippen LogP contribution in [0.25, 0.3) is 16.2 Å². The minimum atomic E-state index is 0.873. The summed E-state index contributed by atoms with van der Waals surface area (Å²) in [5, 5.41) is 12.3. The van der Waals surface area contributed by atoms with Crippen molar-refractivity contribution in [3.05, 3.63) is 46.6 Å². The van der Waals surface area contributed by atoms with E-state index in [1.54, 1.807) is 11.3 Å². The number of aryl methyl sites for hydroxylation is 2. The summed E-state index contributed by atoms with van der Waals surface area (Å²) in [6, 6.07) is 10.1. The van der Waals surface area contributed by atoms with Crippen LogP contribution in [0.1, 0.15) is 29.1 Å². The maximum atomic E-state index is 9.04. The summed E-state index contributed by atoms with van der Waals surface area (Å²) in [5.41, 5.74) is 4.14. The van der Waals surface area contributed by atoms with E-state index in [0.717, 1.165) is 34.8 Å². The molecule has 1 aliphatic rings. The van der Waals surface area contributed by atoms with Crippen LogP contribution in [0.3, 0.4) is 0 Å². The van der Waals surface area contributed by atoms with Crippen LogP contribution in [-0.2, 0) is 12.8 Å². The van der Waals surface area contributed by atoms with Crippen molar-refractivity contribution in [3.63, 3.8) is 0 Å². The summed E-state index contributed by atoms with van der Waals surface area (Å²) in [4.78, 5) is 7.21. The number of oxime groups is 1. The minimum absolute atomic E-state index is 0.873. The topological polar surface area (TPSA) is 49.9 Å². The fourth-order valence-electron chi connectivity index (χ4n) is 3.04. The normalized spacial score (nSPS) is 14.9. The molecule has 21 heavy (non-hydrogen) atoms. The van der Waals surface area contributed by atoms with Gasteiger partial charge in [0.15, 0.2) is 4.96 Å². The molecule has 0 aliphatic heterocycles. The maximum Gasteiger partial charge on any atom is 0.195 e. The van der Waals surface area contributed by atoms with Gasteiger partial charge in [0.2, 0.25) is 0 Å². The molecular formula is C16H15N3OS. The van der Waals surface area contributed by atoms with Gasteiger partial charge >= 0.3 is 0 Å². The van der Waals surface area contributed by atoms with Gasteiger partial charge in [0.1, 0.15) is 0 Å². The standard InChI is InChI=1S/C16H15N3OS/c20-17-10-13-15(11-6-2-1-3-7-11)18-16-19(13)12-8-4-5-9-14(12)21-16/h1-3,6-7,10,20H,4-5,8-9H2/b17-10-. The lowest BCUT2D eigenvalue weighted by Gasteiger charge is -2.11. The lowest BCUT2D eigenvalue weighted by molar-refractivity contribution is 0.321. The van der Waals surface area contributed by atoms with Crippen LogP contribution in [0.4, 0.5) is 0 Å². The van der Waals surface area contributed by atoms with Gasteiger partial charge in [-0.1, -0.05) is 35.5 Å². The molecule has 1 N–H and O–H groups in total. The fourth-order valence-corrected chi connectivity index (χ4v) is 4.26. The smallest absolute Gasteiger partial charge is 0.195 e. The van der Waals surface area contributed by atoms with Crippen LogP contribution >= 0.6 is 11.3 Å². The molecule has 0 bridgehead atoms. The molecule has 4 nitrogen and oxygen atoms in total. The van der Waals surface area contributed by atoms with Gasteiger partial charge in [0, 0.05) is 16.1 Å². The second-order valence-corrected chi connectivity index (χ2v) is 6.32. The Morgan fingerprint density at radius 1 is 1.19 bits per heavy atom. The minimum Gasteiger partial charge on any atom is -0.411 e. The van der Waals surface area contributed by atoms with E-state index in [4.69, 9.17) is 10.2 Å². The second kappa shape index (κ2) is 5.00. The average Bonchev–Trinajstić information content (AvgIpc) is 3.05. The first-order chi connectivity index (χ1) is 10.4. The van der Waals surface area contributed by atoms with Crippen LogP contribution in [-0.4, -0.2) is 20.8 Å². The zero-order valence-electron chi connectivity index (χ0n) is 11.5. The average molecular weight is 297 g/mol. The van der Waals surface area contributed by atoms with Gasteiger partial charge < -0.3 is 5.21 Å². The molecule has 106 valence electrons. The number of imidazole rings is 1. The van der Waals surface area contributed by atoms with Crippen molar-refractivity contribution in [3.8, 4) is 11.3 Å². The predicted octanol–water partition coefficient (Wildman–Crippen LogP) is 3.75. The number of thiazole rings is 1. The van der Waals surface area contributed by atoms with E-state index in [1.165, 1.54) is 29.6 Å². The second-order valence-electron chi connectivity index (χ2n) is 5.25. The number of benzene rings is 1. The van der Waals surface area contributed by atoms with Gasteiger partial charge in [-0.05, 0) is 25.7 Å². The quantitative estimate of drug-likeness (QED) is 0.445. The molecule has 3 aromatic rings. The highest BCUT2D eigenvalue weighted by Crippen LogP contribution is 2.34. The summed E-state index contributed by atoms with van der Waals surface area (Å²) >= 11 is 1.76. The van der Waals surface area contributed by atoms with Gasteiger partial charge in [-0.25, -0.2) is 4.98 Å². The number of hydrogen-bond donors (Lipinski definition) is 1. The van der Waals surface area contributed by atoms with E-state index in [2.05, 4.69) is 9.56 Å². The molecule has 0 fully saturated rings. The molecule has 1 aromatic carbocycles. The number of hydrogen-bond acceptors (Lipinski definition) is 4. The van der Waals surface area contributed by atoms with Crippen LogP contribution in [0, 0.1) is 0 Å². The van der Waals surface area contributed by atoms with E-state index in [9.17, 15) is 0 Å². The molecule has 0 amide bonds. The molecule has 0 atom stereocenters. The van der Waals surface area contributed by atoms with Crippen LogP contribution in [0.5, 0.6) is 0 Å². The largest absolute Gasteiger partial charge is 0.411 e. The Morgan fingerprint density at radius 2 is 2.00 bits per heavy atom. The first-order valence-corrected chi connectivity index (χ1v) is 7.96. The molecule has 0 radical (unpaired) electrons. The zero-order chi connectivity index (χ0) is 14.2. The highest BCUT2D eigenvalue weighted by Gasteiger charge is 2.22. The SMILES string of the molecule is O/N=C\c1c(-c2ccccc2)nc2sc3c(n12)CCCC3. The third kappa shape index (κ3) is 1.96. The van der Waals surface area contributed by atoms with Gasteiger partial charge in [-0.2, -0.15) is 0 Å². The Balaban J connectivity index is 2.00. The van der Waals surface area contributed by atoms with Crippen molar-refractivity contribution in [2.45, 2.75) is 25.7 Å². The van der Waals surface area contributed by atoms with E-state index < -0.39 is 0 Å². The first-order valence-electron chi connectivity index (χ1n) is 7.14. The zero-order valence-corrected chi connectivity index (χ0v) is 12.3. The summed E-state index contributed by atoms with van der Waals surface area (Å²) in [5.74, 6) is 0. The highest BCUT2D eigenvalue weighted by atomic mass is 32.1. The lowest BCUT2D eigenvalue weighted by atomic mass is 10.0. The van der Waals surface area contributed by atoms with Crippen molar-refractivity contribution in [1.29, 1.82) is 0 Å². The number of nitrogens with zero attached hydrogens (tertiary/aromatic N) is 3. The third-order valence-electron chi connectivity index (χ3n) is 3.98. The Bertz CT molecular complexity index is 817. The fraction of sp³-hybridized carbons (Fsp3) is 0.250. The van der Waals surface area contributed by atoms with Crippen LogP contribution in [0.2, 0.25) is 0 Å². The van der Waals surface area contributed by atoms with Gasteiger partial charge in [-0.3, -0.25) is 4.40 Å². The van der Waals surface area contributed by atoms with Crippen LogP contribution < -0.4 is 0 Å². The molecule has 0 unspecified atom stereocenters. The highest BCUT2D eigenvalue weighted by molar-refractivity contribution is 7.17. The number of fused-ring (bicyclic) bond motifs is 3. The van der Waals surface area contributed by atoms with Crippen molar-refractivity contribution < 1.29 is 5.21 Å². The number of aromatic nitrogens is 2. The van der Waals surface area contributed by atoms with E-state index in [1.807, 2.05) is 30.3 Å². The molecule has 0 saturated heterocycles. The van der Waals surface area contributed by atoms with E-state index in [0.29, 0.717) is 0 Å². The summed E-state index contributed by atoms with van der Waals surface area (Å²) in [6.45, 7) is 0. The van der Waals surface area contributed by atoms with Gasteiger partial charge in [-0.15, -0.1) is 11.3 Å². The monoisotopic (exact) mass is 297 g/mol. The van der Waals surface area contributed by atoms with Gasteiger partial charge in [0.25, 0.3) is 0 Å². The van der Waals surface area contributed by atoms with E-state index >= 15 is 0 Å². The van der Waals surface area contributed by atoms with Crippen molar-refractivity contribution >= 4 is 22.5 Å². The first kappa shape index (κ1) is 12.6. The van der Waals surface area contributed by atoms with Crippen molar-refractivity contribution in [2.75, 3.05) is 0 Å². The molecule has 1 aliphatic carbocycles. The molecule has 0 saturated carbocycles. The molecule has 5 heteroatoms. The maximum absolute atomic E-state index is 9.04. The molecule has 2 heterocycles. The van der Waals surface area contributed by atoms with E-state index in [-0.39, 0.29) is 0 Å². The Labute approximate surface area is 126 Å². The number of rotatable bonds is 2. The molecular weight excluding hydrogens is 282 g/mol. The summed E-state index contributed by atoms with van der Waals surface area (Å²) < 4.78 is 2.17. The molecule has 4 rings (SSSR count). The van der Waals surface area contributed by atoms with Crippen molar-refractivity contribution in [2.24, 2.45) is 5.16 Å². The molecule has 0 spiro atoms. The Morgan fingerprint density at radius 3 is 2.81 bits per heavy atom. The molecule has 2 aromatic heterocycles. The van der Waals surface area contributed by atoms with Gasteiger partial charge in [0.05, 0.1) is 17.6 Å². The van der Waals surface area contributed by atoms with Crippen molar-refractivity contribution in [1.82, 2.24) is 9.38 Å². The van der Waals surface area contributed by atoms with Crippen LogP contribution in [0.15, 0.2) is 35.5 Å².